The number of pyridine rings is 1. The summed E-state index contributed by atoms with van der Waals surface area (Å²) in [6, 6.07) is 13.0. The number of amides is 1. The number of hydrogen-bond acceptors (Lipinski definition) is 7. The van der Waals surface area contributed by atoms with E-state index in [-0.39, 0.29) is 5.91 Å². The summed E-state index contributed by atoms with van der Waals surface area (Å²) in [5.74, 6) is 1.68. The lowest BCUT2D eigenvalue weighted by Gasteiger charge is -2.14. The number of carbonyl (C=O) groups is 1. The van der Waals surface area contributed by atoms with Crippen LogP contribution in [0.15, 0.2) is 53.1 Å². The molecule has 4 rings (SSSR count). The highest BCUT2D eigenvalue weighted by atomic mass is 79.9. The smallest absolute Gasteiger partial charge is 0.251 e. The van der Waals surface area contributed by atoms with Gasteiger partial charge in [0.05, 0.1) is 4.47 Å². The quantitative estimate of drug-likeness (QED) is 0.429. The van der Waals surface area contributed by atoms with Crippen molar-refractivity contribution in [3.63, 3.8) is 0 Å². The molecule has 0 saturated carbocycles. The summed E-state index contributed by atoms with van der Waals surface area (Å²) in [5, 5.41) is 9.36. The largest absolute Gasteiger partial charge is 0.351 e. The van der Waals surface area contributed by atoms with E-state index in [9.17, 15) is 4.79 Å². The van der Waals surface area contributed by atoms with Crippen molar-refractivity contribution in [3.05, 3.63) is 64.4 Å². The van der Waals surface area contributed by atoms with Crippen LogP contribution in [-0.4, -0.2) is 51.9 Å². The highest BCUT2D eigenvalue weighted by Crippen LogP contribution is 2.24. The zero-order valence-electron chi connectivity index (χ0n) is 17.9. The van der Waals surface area contributed by atoms with Crippen LogP contribution in [-0.2, 0) is 0 Å². The number of aromatic nitrogens is 3. The van der Waals surface area contributed by atoms with Crippen molar-refractivity contribution >= 4 is 45.1 Å². The molecule has 0 radical (unpaired) electrons. The maximum atomic E-state index is 12.4. The molecule has 0 bridgehead atoms. The molecule has 1 fully saturated rings. The molecule has 8 nitrogen and oxygen atoms in total. The molecule has 1 aliphatic heterocycles. The van der Waals surface area contributed by atoms with Crippen LogP contribution in [0.4, 0.5) is 23.3 Å². The van der Waals surface area contributed by atoms with Crippen molar-refractivity contribution < 1.29 is 4.79 Å². The maximum Gasteiger partial charge on any atom is 0.251 e. The molecule has 1 aliphatic rings. The van der Waals surface area contributed by atoms with Gasteiger partial charge in [-0.25, -0.2) is 9.97 Å². The van der Waals surface area contributed by atoms with Crippen LogP contribution in [0.25, 0.3) is 0 Å². The lowest BCUT2D eigenvalue weighted by Crippen LogP contribution is -2.33. The summed E-state index contributed by atoms with van der Waals surface area (Å²) in [4.78, 5) is 28.0. The monoisotopic (exact) mass is 495 g/mol. The van der Waals surface area contributed by atoms with Crippen molar-refractivity contribution in [2.24, 2.45) is 0 Å². The number of rotatable bonds is 8. The zero-order chi connectivity index (χ0) is 22.3. The number of likely N-dealkylation sites (tertiary alicyclic amines) is 1. The van der Waals surface area contributed by atoms with Gasteiger partial charge in [0.2, 0.25) is 5.95 Å². The number of aryl methyl sites for hydroxylation is 1. The van der Waals surface area contributed by atoms with Crippen LogP contribution in [0.2, 0.25) is 0 Å². The molecule has 1 aromatic carbocycles. The summed E-state index contributed by atoms with van der Waals surface area (Å²) in [6.07, 6.45) is 4.19. The van der Waals surface area contributed by atoms with Crippen molar-refractivity contribution in [1.82, 2.24) is 25.2 Å². The highest BCUT2D eigenvalue weighted by molar-refractivity contribution is 9.10. The SMILES string of the molecule is Cc1cccc(Nc2nc(Nc3ccc(C(=O)NCCN4CCCC4)cc3)ncc2Br)n1. The van der Waals surface area contributed by atoms with Crippen molar-refractivity contribution in [3.8, 4) is 0 Å². The first-order valence-electron chi connectivity index (χ1n) is 10.7. The van der Waals surface area contributed by atoms with Gasteiger partial charge in [0.25, 0.3) is 5.91 Å². The van der Waals surface area contributed by atoms with E-state index in [1.165, 1.54) is 12.8 Å². The molecule has 1 saturated heterocycles. The van der Waals surface area contributed by atoms with Gasteiger partial charge in [-0.15, -0.1) is 0 Å². The minimum absolute atomic E-state index is 0.0622. The Hall–Kier alpha value is -3.04. The molecule has 0 aliphatic carbocycles. The van der Waals surface area contributed by atoms with Crippen LogP contribution in [0.3, 0.4) is 0 Å². The van der Waals surface area contributed by atoms with E-state index in [0.717, 1.165) is 35.5 Å². The van der Waals surface area contributed by atoms with Crippen molar-refractivity contribution in [1.29, 1.82) is 0 Å². The summed E-state index contributed by atoms with van der Waals surface area (Å²) in [6.45, 7) is 5.77. The first-order valence-corrected chi connectivity index (χ1v) is 11.5. The molecule has 3 N–H and O–H groups in total. The topological polar surface area (TPSA) is 95.1 Å². The molecule has 0 spiro atoms. The summed E-state index contributed by atoms with van der Waals surface area (Å²) in [5.41, 5.74) is 2.33. The Labute approximate surface area is 196 Å². The second-order valence-corrected chi connectivity index (χ2v) is 8.54. The number of nitrogens with zero attached hydrogens (tertiary/aromatic N) is 4. The molecule has 9 heteroatoms. The molecule has 0 unspecified atom stereocenters. The third-order valence-corrected chi connectivity index (χ3v) is 5.77. The van der Waals surface area contributed by atoms with Crippen LogP contribution in [0.5, 0.6) is 0 Å². The Morgan fingerprint density at radius 3 is 2.59 bits per heavy atom. The van der Waals surface area contributed by atoms with Crippen molar-refractivity contribution in [2.75, 3.05) is 36.8 Å². The molecule has 2 aromatic heterocycles. The minimum Gasteiger partial charge on any atom is -0.351 e. The van der Waals surface area contributed by atoms with Gasteiger partial charge >= 0.3 is 0 Å². The Bertz CT molecular complexity index is 1070. The summed E-state index contributed by atoms with van der Waals surface area (Å²) in [7, 11) is 0. The molecule has 3 aromatic rings. The van der Waals surface area contributed by atoms with E-state index >= 15 is 0 Å². The van der Waals surface area contributed by atoms with E-state index in [0.29, 0.717) is 29.7 Å². The standard InChI is InChI=1S/C23H26BrN7O/c1-16-5-4-6-20(27-16)29-21-19(24)15-26-23(30-21)28-18-9-7-17(8-10-18)22(32)25-11-14-31-12-2-3-13-31/h4-10,15H,2-3,11-14H2,1H3,(H,25,32)(H2,26,27,28,29,30). The third kappa shape index (κ3) is 6.02. The second kappa shape index (κ2) is 10.5. The predicted molar refractivity (Wildman–Crippen MR) is 130 cm³/mol. The average molecular weight is 496 g/mol. The molecular formula is C23H26BrN7O. The molecule has 32 heavy (non-hydrogen) atoms. The van der Waals surface area contributed by atoms with Gasteiger partial charge in [-0.05, 0) is 85.2 Å². The Balaban J connectivity index is 1.35. The van der Waals surface area contributed by atoms with Gasteiger partial charge in [-0.1, -0.05) is 6.07 Å². The normalized spacial score (nSPS) is 13.7. The lowest BCUT2D eigenvalue weighted by atomic mass is 10.2. The van der Waals surface area contributed by atoms with Gasteiger partial charge in [-0.3, -0.25) is 4.79 Å². The Kier molecular flexibility index (Phi) is 7.28. The minimum atomic E-state index is -0.0622. The fourth-order valence-electron chi connectivity index (χ4n) is 3.52. The fourth-order valence-corrected chi connectivity index (χ4v) is 3.81. The maximum absolute atomic E-state index is 12.4. The van der Waals surface area contributed by atoms with Gasteiger partial charge in [0.15, 0.2) is 5.82 Å². The van der Waals surface area contributed by atoms with E-state index in [1.807, 2.05) is 37.3 Å². The third-order valence-electron chi connectivity index (χ3n) is 5.19. The van der Waals surface area contributed by atoms with E-state index in [1.54, 1.807) is 18.3 Å². The molecule has 166 valence electrons. The fraction of sp³-hybridized carbons (Fsp3) is 0.304. The lowest BCUT2D eigenvalue weighted by molar-refractivity contribution is 0.0950. The number of anilines is 4. The number of benzene rings is 1. The molecule has 0 atom stereocenters. The molecule has 1 amide bonds. The number of hydrogen-bond donors (Lipinski definition) is 3. The van der Waals surface area contributed by atoms with Crippen LogP contribution < -0.4 is 16.0 Å². The van der Waals surface area contributed by atoms with Crippen LogP contribution >= 0.6 is 15.9 Å². The summed E-state index contributed by atoms with van der Waals surface area (Å²) < 4.78 is 0.729. The van der Waals surface area contributed by atoms with E-state index in [4.69, 9.17) is 0 Å². The average Bonchev–Trinajstić information content (AvgIpc) is 3.30. The molecule has 3 heterocycles. The zero-order valence-corrected chi connectivity index (χ0v) is 19.5. The van der Waals surface area contributed by atoms with Gasteiger partial charge < -0.3 is 20.9 Å². The first kappa shape index (κ1) is 22.2. The van der Waals surface area contributed by atoms with E-state index < -0.39 is 0 Å². The van der Waals surface area contributed by atoms with Crippen LogP contribution in [0.1, 0.15) is 28.9 Å². The summed E-state index contributed by atoms with van der Waals surface area (Å²) >= 11 is 3.47. The van der Waals surface area contributed by atoms with Gasteiger partial charge in [0.1, 0.15) is 5.82 Å². The van der Waals surface area contributed by atoms with Crippen molar-refractivity contribution in [2.45, 2.75) is 19.8 Å². The Morgan fingerprint density at radius 2 is 1.84 bits per heavy atom. The van der Waals surface area contributed by atoms with Gasteiger partial charge in [-0.2, -0.15) is 4.98 Å². The highest BCUT2D eigenvalue weighted by Gasteiger charge is 2.12. The Morgan fingerprint density at radius 1 is 1.06 bits per heavy atom. The van der Waals surface area contributed by atoms with E-state index in [2.05, 4.69) is 51.7 Å². The second-order valence-electron chi connectivity index (χ2n) is 7.69. The van der Waals surface area contributed by atoms with Gasteiger partial charge in [0, 0.05) is 36.2 Å². The number of carbonyl (C=O) groups excluding carboxylic acids is 1. The number of nitrogens with one attached hydrogen (secondary N) is 3. The number of halogens is 1. The first-order chi connectivity index (χ1) is 15.6. The van der Waals surface area contributed by atoms with Crippen LogP contribution in [0, 0.1) is 6.92 Å². The molecular weight excluding hydrogens is 470 g/mol. The predicted octanol–water partition coefficient (Wildman–Crippen LogP) is 4.26.